The molecule has 2 fully saturated rings. The number of nitrogens with one attached hydrogen (secondary N) is 2. The Morgan fingerprint density at radius 1 is 0.921 bits per heavy atom. The Balaban J connectivity index is 2.00. The molecule has 2 aliphatic rings. The van der Waals surface area contributed by atoms with Crippen molar-refractivity contribution in [2.24, 2.45) is 17.8 Å². The van der Waals surface area contributed by atoms with Gasteiger partial charge in [0, 0.05) is 11.2 Å². The highest BCUT2D eigenvalue weighted by molar-refractivity contribution is 7.99. The molecule has 3 rings (SSSR count). The number of thioether (sulfide) groups is 1. The molecule has 0 radical (unpaired) electrons. The number of hydrogen-bond acceptors (Lipinski definition) is 9. The number of esters is 2. The fourth-order valence-corrected chi connectivity index (χ4v) is 6.02. The van der Waals surface area contributed by atoms with Crippen LogP contribution in [0.4, 0.5) is 18.0 Å². The third-order valence-corrected chi connectivity index (χ3v) is 6.95. The Kier molecular flexibility index (Phi) is 7.59. The van der Waals surface area contributed by atoms with Gasteiger partial charge in [0.25, 0.3) is 0 Å². The van der Waals surface area contributed by atoms with Crippen molar-refractivity contribution in [3.63, 3.8) is 0 Å². The number of H-pyrrole nitrogens is 1. The Morgan fingerprint density at radius 2 is 1.47 bits per heavy atom. The molecule has 2 N–H and O–H groups in total. The zero-order valence-corrected chi connectivity index (χ0v) is 23.7. The summed E-state index contributed by atoms with van der Waals surface area (Å²) in [4.78, 5) is 41.9. The first-order valence-corrected chi connectivity index (χ1v) is 13.0. The topological polar surface area (TPSA) is 132 Å². The molecule has 0 aliphatic heterocycles. The van der Waals surface area contributed by atoms with Crippen LogP contribution in [0.15, 0.2) is 5.16 Å². The van der Waals surface area contributed by atoms with E-state index in [0.717, 1.165) is 11.8 Å². The van der Waals surface area contributed by atoms with Crippen LogP contribution in [0.5, 0.6) is 0 Å². The van der Waals surface area contributed by atoms with Crippen LogP contribution in [-0.2, 0) is 30.0 Å². The van der Waals surface area contributed by atoms with E-state index < -0.39 is 75.4 Å². The standard InChI is InChI=1S/C24H35F3N4O6S/c1-20(2,3)35-15(32)13-12-11(38-18-28-16(30-31-18)24(25,26)27)10-23(14(12)13,17(33)36-21(4,5)6)29-19(34)37-22(7,8)9/h11-14H,10H2,1-9H3,(H,29,34)(H,28,30,31)/t11-,12+,13+,14+,23+/m1/s1. The third kappa shape index (κ3) is 6.92. The van der Waals surface area contributed by atoms with Crippen LogP contribution in [0.25, 0.3) is 0 Å². The molecule has 1 heterocycles. The monoisotopic (exact) mass is 564 g/mol. The summed E-state index contributed by atoms with van der Waals surface area (Å²) in [5, 5.41) is 8.68. The summed E-state index contributed by atoms with van der Waals surface area (Å²) in [5.41, 5.74) is -4.32. The van der Waals surface area contributed by atoms with Gasteiger partial charge in [0.05, 0.1) is 5.92 Å². The highest BCUT2D eigenvalue weighted by Gasteiger charge is 2.77. The number of aromatic nitrogens is 3. The van der Waals surface area contributed by atoms with Crippen LogP contribution in [-0.4, -0.2) is 60.8 Å². The molecule has 0 spiro atoms. The van der Waals surface area contributed by atoms with Crippen molar-refractivity contribution < 1.29 is 41.8 Å². The maximum absolute atomic E-state index is 13.7. The number of alkyl halides is 3. The van der Waals surface area contributed by atoms with E-state index >= 15 is 0 Å². The average molecular weight is 565 g/mol. The number of alkyl carbamates (subject to hydrolysis) is 1. The first kappa shape index (κ1) is 30.0. The molecule has 1 amide bonds. The fraction of sp³-hybridized carbons (Fsp3) is 0.792. The maximum Gasteiger partial charge on any atom is 0.451 e. The zero-order valence-electron chi connectivity index (χ0n) is 22.9. The molecule has 14 heteroatoms. The van der Waals surface area contributed by atoms with E-state index in [4.69, 9.17) is 14.2 Å². The lowest BCUT2D eigenvalue weighted by atomic mass is 9.89. The molecule has 0 unspecified atom stereocenters. The van der Waals surface area contributed by atoms with Crippen molar-refractivity contribution in [2.75, 3.05) is 0 Å². The van der Waals surface area contributed by atoms with Crippen LogP contribution < -0.4 is 5.32 Å². The second-order valence-electron chi connectivity index (χ2n) is 12.6. The SMILES string of the molecule is CC(C)(C)OC(=O)N[C@@]1(C(=O)OC(C)(C)C)C[C@@H](Sc2nnc(C(F)(F)F)[nH]2)[C@H]2[C@H](C(=O)OC(C)(C)C)[C@H]21. The predicted octanol–water partition coefficient (Wildman–Crippen LogP) is 4.50. The summed E-state index contributed by atoms with van der Waals surface area (Å²) in [6.45, 7) is 15.1. The number of nitrogens with zero attached hydrogens (tertiary/aromatic N) is 2. The number of hydrogen-bond donors (Lipinski definition) is 2. The van der Waals surface area contributed by atoms with Gasteiger partial charge in [-0.1, -0.05) is 11.8 Å². The Morgan fingerprint density at radius 3 is 1.95 bits per heavy atom. The number of ether oxygens (including phenoxy) is 3. The summed E-state index contributed by atoms with van der Waals surface area (Å²) in [6, 6.07) is 0. The summed E-state index contributed by atoms with van der Waals surface area (Å²) in [5.74, 6) is -4.68. The first-order valence-electron chi connectivity index (χ1n) is 12.2. The number of carbonyl (C=O) groups excluding carboxylic acids is 3. The smallest absolute Gasteiger partial charge is 0.451 e. The largest absolute Gasteiger partial charge is 0.460 e. The van der Waals surface area contributed by atoms with E-state index in [0.29, 0.717) is 0 Å². The molecule has 5 atom stereocenters. The number of aromatic amines is 1. The Labute approximate surface area is 223 Å². The molecule has 2 saturated carbocycles. The molecule has 1 aromatic rings. The molecule has 0 bridgehead atoms. The van der Waals surface area contributed by atoms with Crippen molar-refractivity contribution in [3.8, 4) is 0 Å². The minimum absolute atomic E-state index is 0.0392. The molecule has 2 aliphatic carbocycles. The van der Waals surface area contributed by atoms with Gasteiger partial charge in [0.2, 0.25) is 5.82 Å². The van der Waals surface area contributed by atoms with Gasteiger partial charge >= 0.3 is 24.2 Å². The molecule has 0 saturated heterocycles. The van der Waals surface area contributed by atoms with Gasteiger partial charge in [-0.05, 0) is 74.7 Å². The first-order chi connectivity index (χ1) is 17.0. The lowest BCUT2D eigenvalue weighted by Crippen LogP contribution is -2.59. The van der Waals surface area contributed by atoms with E-state index in [2.05, 4.69) is 20.5 Å². The summed E-state index contributed by atoms with van der Waals surface area (Å²) in [6.07, 6.45) is -5.65. The van der Waals surface area contributed by atoms with Crippen LogP contribution in [0.3, 0.4) is 0 Å². The molecule has 1 aromatic heterocycles. The lowest BCUT2D eigenvalue weighted by molar-refractivity contribution is -0.165. The number of halogens is 3. The third-order valence-electron chi connectivity index (χ3n) is 5.76. The van der Waals surface area contributed by atoms with Crippen LogP contribution in [0, 0.1) is 17.8 Å². The van der Waals surface area contributed by atoms with Crippen molar-refractivity contribution in [3.05, 3.63) is 5.82 Å². The minimum Gasteiger partial charge on any atom is -0.460 e. The van der Waals surface area contributed by atoms with Crippen molar-refractivity contribution >= 4 is 29.8 Å². The predicted molar refractivity (Wildman–Crippen MR) is 130 cm³/mol. The van der Waals surface area contributed by atoms with Gasteiger partial charge in [0.1, 0.15) is 22.3 Å². The molecule has 0 aromatic carbocycles. The van der Waals surface area contributed by atoms with Crippen molar-refractivity contribution in [1.29, 1.82) is 0 Å². The second kappa shape index (κ2) is 9.60. The fourth-order valence-electron chi connectivity index (χ4n) is 4.65. The maximum atomic E-state index is 13.7. The molecular formula is C24H35F3N4O6S. The summed E-state index contributed by atoms with van der Waals surface area (Å²) in [7, 11) is 0. The minimum atomic E-state index is -4.72. The van der Waals surface area contributed by atoms with Gasteiger partial charge in [0.15, 0.2) is 5.16 Å². The number of fused-ring (bicyclic) bond motifs is 1. The summed E-state index contributed by atoms with van der Waals surface area (Å²) >= 11 is 0.918. The van der Waals surface area contributed by atoms with Crippen LogP contribution in [0.2, 0.25) is 0 Å². The number of carbonyl (C=O) groups is 3. The number of rotatable bonds is 5. The number of amides is 1. The van der Waals surface area contributed by atoms with Gasteiger partial charge in [-0.25, -0.2) is 9.59 Å². The average Bonchev–Trinajstić information content (AvgIpc) is 3.09. The highest BCUT2D eigenvalue weighted by atomic mass is 32.2. The van der Waals surface area contributed by atoms with Crippen molar-refractivity contribution in [1.82, 2.24) is 20.5 Å². The Bertz CT molecular complexity index is 1090. The van der Waals surface area contributed by atoms with Gasteiger partial charge in [-0.15, -0.1) is 10.2 Å². The Hall–Kier alpha value is -2.51. The molecule has 10 nitrogen and oxygen atoms in total. The van der Waals surface area contributed by atoms with E-state index in [-0.39, 0.29) is 11.6 Å². The van der Waals surface area contributed by atoms with Crippen molar-refractivity contribution in [2.45, 2.75) is 108 Å². The highest BCUT2D eigenvalue weighted by Crippen LogP contribution is 2.66. The molecule has 214 valence electrons. The van der Waals surface area contributed by atoms with E-state index in [1.54, 1.807) is 62.3 Å². The van der Waals surface area contributed by atoms with Gasteiger partial charge < -0.3 is 24.5 Å². The second-order valence-corrected chi connectivity index (χ2v) is 13.8. The lowest BCUT2D eigenvalue weighted by Gasteiger charge is -2.35. The van der Waals surface area contributed by atoms with E-state index in [9.17, 15) is 27.6 Å². The van der Waals surface area contributed by atoms with Crippen LogP contribution in [0.1, 0.15) is 74.6 Å². The molecule has 38 heavy (non-hydrogen) atoms. The molecular weight excluding hydrogens is 529 g/mol. The zero-order chi connectivity index (χ0) is 29.1. The van der Waals surface area contributed by atoms with E-state index in [1.165, 1.54) is 0 Å². The summed E-state index contributed by atoms with van der Waals surface area (Å²) < 4.78 is 55.8. The van der Waals surface area contributed by atoms with E-state index in [1.807, 2.05) is 0 Å². The van der Waals surface area contributed by atoms with Gasteiger partial charge in [-0.3, -0.25) is 4.79 Å². The van der Waals surface area contributed by atoms with Crippen LogP contribution >= 0.6 is 11.8 Å². The quantitative estimate of drug-likeness (QED) is 0.392. The normalized spacial score (nSPS) is 27.4. The van der Waals surface area contributed by atoms with Gasteiger partial charge in [-0.2, -0.15) is 13.2 Å².